The maximum atomic E-state index is 13.8. The predicted octanol–water partition coefficient (Wildman–Crippen LogP) is 3.48. The van der Waals surface area contributed by atoms with Gasteiger partial charge in [0.05, 0.1) is 4.47 Å². The molecule has 5 nitrogen and oxygen atoms in total. The van der Waals surface area contributed by atoms with E-state index in [4.69, 9.17) is 10.00 Å². The van der Waals surface area contributed by atoms with Gasteiger partial charge in [-0.2, -0.15) is 10.4 Å². The van der Waals surface area contributed by atoms with Crippen LogP contribution in [0, 0.1) is 23.1 Å². The first-order chi connectivity index (χ1) is 10.4. The van der Waals surface area contributed by atoms with Crippen LogP contribution >= 0.6 is 15.9 Å². The molecular formula is C15H13BrFN3O2. The highest BCUT2D eigenvalue weighted by atomic mass is 79.9. The van der Waals surface area contributed by atoms with Crippen LogP contribution in [0.4, 0.5) is 4.39 Å². The van der Waals surface area contributed by atoms with E-state index in [1.54, 1.807) is 26.0 Å². The van der Waals surface area contributed by atoms with E-state index in [-0.39, 0.29) is 17.3 Å². The summed E-state index contributed by atoms with van der Waals surface area (Å²) in [6, 6.07) is 7.98. The van der Waals surface area contributed by atoms with Crippen molar-refractivity contribution in [3.05, 3.63) is 46.4 Å². The molecule has 0 N–H and O–H groups in total. The summed E-state index contributed by atoms with van der Waals surface area (Å²) >= 11 is 3.20. The lowest BCUT2D eigenvalue weighted by Crippen LogP contribution is -2.22. The van der Waals surface area contributed by atoms with Gasteiger partial charge in [0.25, 0.3) is 0 Å². The van der Waals surface area contributed by atoms with Crippen LogP contribution in [0.15, 0.2) is 34.9 Å². The second-order valence-corrected chi connectivity index (χ2v) is 5.77. The van der Waals surface area contributed by atoms with Gasteiger partial charge in [0.15, 0.2) is 11.8 Å². The number of rotatable bonds is 4. The number of halogens is 2. The Labute approximate surface area is 135 Å². The predicted molar refractivity (Wildman–Crippen MR) is 80.9 cm³/mol. The molecule has 0 amide bonds. The molecule has 1 heterocycles. The van der Waals surface area contributed by atoms with E-state index in [2.05, 4.69) is 21.0 Å². The van der Waals surface area contributed by atoms with Crippen LogP contribution in [0.3, 0.4) is 0 Å². The molecule has 0 aliphatic heterocycles. The van der Waals surface area contributed by atoms with Gasteiger partial charge in [0, 0.05) is 12.1 Å². The molecule has 7 heteroatoms. The fraction of sp³-hybridized carbons (Fsp3) is 0.267. The highest BCUT2D eigenvalue weighted by molar-refractivity contribution is 9.10. The summed E-state index contributed by atoms with van der Waals surface area (Å²) in [6.07, 6.45) is 0.601. The topological polar surface area (TPSA) is 67.9 Å². The number of para-hydroxylation sites is 1. The van der Waals surface area contributed by atoms with Crippen molar-refractivity contribution in [3.8, 4) is 11.8 Å². The molecule has 2 rings (SSSR count). The number of ether oxygens (including phenoxy) is 1. The van der Waals surface area contributed by atoms with Gasteiger partial charge in [0.2, 0.25) is 0 Å². The molecule has 0 aliphatic carbocycles. The zero-order valence-electron chi connectivity index (χ0n) is 12.0. The fourth-order valence-electron chi connectivity index (χ4n) is 1.73. The Bertz CT molecular complexity index is 737. The van der Waals surface area contributed by atoms with Crippen molar-refractivity contribution < 1.29 is 13.9 Å². The molecule has 22 heavy (non-hydrogen) atoms. The number of nitriles is 1. The minimum atomic E-state index is -0.863. The molecule has 1 aromatic heterocycles. The zero-order valence-corrected chi connectivity index (χ0v) is 13.5. The van der Waals surface area contributed by atoms with Gasteiger partial charge in [0.1, 0.15) is 17.6 Å². The smallest absolute Gasteiger partial charge is 0.361 e. The molecule has 1 aromatic carbocycles. The molecule has 2 aromatic rings. The number of carbonyl (C=O) groups excluding carboxylic acids is 1. The van der Waals surface area contributed by atoms with Crippen LogP contribution in [0.25, 0.3) is 5.69 Å². The Morgan fingerprint density at radius 3 is 2.73 bits per heavy atom. The lowest BCUT2D eigenvalue weighted by Gasteiger charge is -2.13. The van der Waals surface area contributed by atoms with Crippen molar-refractivity contribution in [1.82, 2.24) is 9.78 Å². The van der Waals surface area contributed by atoms with Crippen LogP contribution in [0.5, 0.6) is 0 Å². The first-order valence-electron chi connectivity index (χ1n) is 6.54. The third-order valence-electron chi connectivity index (χ3n) is 2.93. The van der Waals surface area contributed by atoms with Gasteiger partial charge < -0.3 is 4.74 Å². The van der Waals surface area contributed by atoms with E-state index in [1.807, 2.05) is 6.07 Å². The quantitative estimate of drug-likeness (QED) is 0.777. The molecule has 0 bridgehead atoms. The van der Waals surface area contributed by atoms with E-state index in [0.29, 0.717) is 4.47 Å². The maximum Gasteiger partial charge on any atom is 0.361 e. The number of esters is 1. The third-order valence-corrected chi connectivity index (χ3v) is 3.51. The molecule has 0 unspecified atom stereocenters. The van der Waals surface area contributed by atoms with Crippen LogP contribution in [0.1, 0.15) is 24.3 Å². The summed E-state index contributed by atoms with van der Waals surface area (Å²) in [5.74, 6) is -1.34. The van der Waals surface area contributed by atoms with E-state index in [9.17, 15) is 9.18 Å². The molecular weight excluding hydrogens is 353 g/mol. The molecule has 0 fully saturated rings. The highest BCUT2D eigenvalue weighted by Gasteiger charge is 2.23. The number of carbonyl (C=O) groups is 1. The average molecular weight is 366 g/mol. The van der Waals surface area contributed by atoms with Crippen LogP contribution in [-0.4, -0.2) is 21.9 Å². The Hall–Kier alpha value is -2.20. The van der Waals surface area contributed by atoms with Crippen molar-refractivity contribution in [2.75, 3.05) is 0 Å². The number of hydrogen-bond donors (Lipinski definition) is 0. The number of benzene rings is 1. The minimum absolute atomic E-state index is 0.0100. The lowest BCUT2D eigenvalue weighted by molar-refractivity contribution is 0.0316. The second kappa shape index (κ2) is 6.71. The molecule has 0 aliphatic rings. The first-order valence-corrected chi connectivity index (χ1v) is 7.34. The SMILES string of the molecule is CC(C)[C@H](C#N)OC(=O)c1nn(-c2ccccc2F)cc1Br. The fourth-order valence-corrected chi connectivity index (χ4v) is 2.17. The number of aromatic nitrogens is 2. The summed E-state index contributed by atoms with van der Waals surface area (Å²) in [6.45, 7) is 3.54. The van der Waals surface area contributed by atoms with Crippen LogP contribution in [-0.2, 0) is 4.74 Å². The van der Waals surface area contributed by atoms with Gasteiger partial charge in [-0.15, -0.1) is 0 Å². The Morgan fingerprint density at radius 2 is 2.14 bits per heavy atom. The van der Waals surface area contributed by atoms with E-state index >= 15 is 0 Å². The molecule has 114 valence electrons. The molecule has 0 saturated heterocycles. The van der Waals surface area contributed by atoms with Gasteiger partial charge in [-0.25, -0.2) is 13.9 Å². The summed E-state index contributed by atoms with van der Waals surface area (Å²) in [5, 5.41) is 13.0. The number of hydrogen-bond acceptors (Lipinski definition) is 4. The van der Waals surface area contributed by atoms with Crippen molar-refractivity contribution in [2.45, 2.75) is 20.0 Å². The molecule has 1 atom stereocenters. The average Bonchev–Trinajstić information content (AvgIpc) is 2.86. The van der Waals surface area contributed by atoms with Gasteiger partial charge in [-0.05, 0) is 28.1 Å². The lowest BCUT2D eigenvalue weighted by atomic mass is 10.1. The largest absolute Gasteiger partial charge is 0.442 e. The van der Waals surface area contributed by atoms with Gasteiger partial charge in [-0.3, -0.25) is 0 Å². The normalized spacial score (nSPS) is 12.0. The van der Waals surface area contributed by atoms with Gasteiger partial charge in [-0.1, -0.05) is 26.0 Å². The van der Waals surface area contributed by atoms with E-state index < -0.39 is 17.9 Å². The standard InChI is InChI=1S/C15H13BrFN3O2/c1-9(2)13(7-18)22-15(21)14-10(16)8-20(19-14)12-6-4-3-5-11(12)17/h3-6,8-9,13H,1-2H3/t13-/m0/s1. The first kappa shape index (κ1) is 16.2. The van der Waals surface area contributed by atoms with E-state index in [0.717, 1.165) is 0 Å². The molecule has 0 saturated carbocycles. The summed E-state index contributed by atoms with van der Waals surface area (Å²) in [5.41, 5.74) is 0.201. The van der Waals surface area contributed by atoms with Crippen molar-refractivity contribution >= 4 is 21.9 Å². The zero-order chi connectivity index (χ0) is 16.3. The second-order valence-electron chi connectivity index (χ2n) is 4.92. The van der Waals surface area contributed by atoms with E-state index in [1.165, 1.54) is 23.0 Å². The third kappa shape index (κ3) is 3.34. The minimum Gasteiger partial charge on any atom is -0.442 e. The maximum absolute atomic E-state index is 13.8. The Morgan fingerprint density at radius 1 is 1.45 bits per heavy atom. The van der Waals surface area contributed by atoms with Crippen molar-refractivity contribution in [1.29, 1.82) is 5.26 Å². The molecule has 0 radical (unpaired) electrons. The molecule has 0 spiro atoms. The van der Waals surface area contributed by atoms with Crippen LogP contribution < -0.4 is 0 Å². The summed E-state index contributed by atoms with van der Waals surface area (Å²) < 4.78 is 20.5. The Kier molecular flexibility index (Phi) is 4.93. The monoisotopic (exact) mass is 365 g/mol. The van der Waals surface area contributed by atoms with Crippen molar-refractivity contribution in [3.63, 3.8) is 0 Å². The Balaban J connectivity index is 2.29. The summed E-state index contributed by atoms with van der Waals surface area (Å²) in [7, 11) is 0. The number of nitrogens with zero attached hydrogens (tertiary/aromatic N) is 3. The van der Waals surface area contributed by atoms with Gasteiger partial charge >= 0.3 is 5.97 Å². The van der Waals surface area contributed by atoms with Crippen LogP contribution in [0.2, 0.25) is 0 Å². The van der Waals surface area contributed by atoms with Crippen molar-refractivity contribution in [2.24, 2.45) is 5.92 Å². The highest BCUT2D eigenvalue weighted by Crippen LogP contribution is 2.21. The summed E-state index contributed by atoms with van der Waals surface area (Å²) in [4.78, 5) is 12.1.